The zero-order valence-electron chi connectivity index (χ0n) is 5.63. The fraction of sp³-hybridized carbons (Fsp3) is 0.200. The van der Waals surface area contributed by atoms with E-state index in [1.165, 1.54) is 12.3 Å². The quantitative estimate of drug-likeness (QED) is 0.455. The van der Waals surface area contributed by atoms with E-state index >= 15 is 0 Å². The Morgan fingerprint density at radius 2 is 2.78 bits per heavy atom. The lowest BCUT2D eigenvalue weighted by Crippen LogP contribution is -1.88. The van der Waals surface area contributed by atoms with Crippen LogP contribution in [0.4, 0.5) is 5.82 Å². The van der Waals surface area contributed by atoms with Crippen LogP contribution >= 0.6 is 0 Å². The van der Waals surface area contributed by atoms with Crippen molar-refractivity contribution in [3.63, 3.8) is 0 Å². The van der Waals surface area contributed by atoms with Gasteiger partial charge in [0.1, 0.15) is 0 Å². The van der Waals surface area contributed by atoms with E-state index in [0.717, 1.165) is 0 Å². The molecule has 0 amide bonds. The topological polar surface area (TPSA) is 58.9 Å². The summed E-state index contributed by atoms with van der Waals surface area (Å²) in [6.07, 6.45) is 1.46. The van der Waals surface area contributed by atoms with E-state index in [0.29, 0.717) is 5.56 Å². The minimum absolute atomic E-state index is 0.0557. The van der Waals surface area contributed by atoms with Crippen LogP contribution < -0.4 is 0 Å². The minimum atomic E-state index is -0.524. The lowest BCUT2D eigenvalue weighted by Gasteiger charge is -1.88. The SMILES string of the molecule is [2H]Cc1cc[nH]c1[N+](=O)[O-]. The van der Waals surface area contributed by atoms with Crippen LogP contribution in [0.15, 0.2) is 12.3 Å². The number of nitro groups is 1. The molecule has 1 aromatic rings. The summed E-state index contributed by atoms with van der Waals surface area (Å²) in [5.41, 5.74) is 0.421. The molecule has 48 valence electrons. The van der Waals surface area contributed by atoms with Gasteiger partial charge in [0.2, 0.25) is 0 Å². The Morgan fingerprint density at radius 3 is 3.22 bits per heavy atom. The fourth-order valence-electron chi connectivity index (χ4n) is 0.563. The third-order valence-electron chi connectivity index (χ3n) is 0.991. The molecule has 4 heteroatoms. The lowest BCUT2D eigenvalue weighted by atomic mass is 10.4. The van der Waals surface area contributed by atoms with Crippen molar-refractivity contribution < 1.29 is 6.29 Å². The molecule has 1 N–H and O–H groups in total. The average Bonchev–Trinajstić information content (AvgIpc) is 2.33. The summed E-state index contributed by atoms with van der Waals surface area (Å²) in [5, 5.41) is 10.1. The van der Waals surface area contributed by atoms with Crippen LogP contribution in [0.3, 0.4) is 0 Å². The van der Waals surface area contributed by atoms with Gasteiger partial charge in [0, 0.05) is 6.93 Å². The Balaban J connectivity index is 3.01. The molecule has 0 saturated carbocycles. The third kappa shape index (κ3) is 0.910. The van der Waals surface area contributed by atoms with E-state index in [1.54, 1.807) is 0 Å². The van der Waals surface area contributed by atoms with Crippen molar-refractivity contribution in [3.8, 4) is 0 Å². The molecular formula is C5H6N2O2. The first kappa shape index (κ1) is 4.55. The molecule has 1 aromatic heterocycles. The summed E-state index contributed by atoms with van der Waals surface area (Å²) < 4.78 is 6.87. The van der Waals surface area contributed by atoms with Gasteiger partial charge in [-0.25, -0.2) is 4.98 Å². The Kier molecular flexibility index (Phi) is 0.955. The number of hydrogen-bond donors (Lipinski definition) is 1. The molecule has 9 heavy (non-hydrogen) atoms. The van der Waals surface area contributed by atoms with Crippen molar-refractivity contribution in [1.29, 1.82) is 0 Å². The summed E-state index contributed by atoms with van der Waals surface area (Å²) in [7, 11) is 0. The molecule has 0 unspecified atom stereocenters. The van der Waals surface area contributed by atoms with Gasteiger partial charge in [-0.05, 0) is 17.9 Å². The van der Waals surface area contributed by atoms with Crippen molar-refractivity contribution >= 4 is 5.82 Å². The first-order chi connectivity index (χ1) is 4.75. The normalized spacial score (nSPS) is 10.9. The number of hydrogen-bond acceptors (Lipinski definition) is 2. The van der Waals surface area contributed by atoms with Crippen LogP contribution in [-0.4, -0.2) is 9.91 Å². The van der Waals surface area contributed by atoms with Gasteiger partial charge < -0.3 is 10.1 Å². The van der Waals surface area contributed by atoms with Gasteiger partial charge in [-0.15, -0.1) is 0 Å². The highest BCUT2D eigenvalue weighted by Crippen LogP contribution is 2.12. The number of H-pyrrole nitrogens is 1. The second kappa shape index (κ2) is 1.89. The van der Waals surface area contributed by atoms with Gasteiger partial charge in [-0.1, -0.05) is 0 Å². The molecule has 0 spiro atoms. The van der Waals surface area contributed by atoms with Gasteiger partial charge >= 0.3 is 5.82 Å². The molecule has 0 aliphatic carbocycles. The largest absolute Gasteiger partial charge is 0.358 e. The second-order valence-electron chi connectivity index (χ2n) is 1.61. The predicted molar refractivity (Wildman–Crippen MR) is 32.2 cm³/mol. The van der Waals surface area contributed by atoms with Gasteiger partial charge in [-0.3, -0.25) is 0 Å². The van der Waals surface area contributed by atoms with Crippen LogP contribution in [0.2, 0.25) is 0 Å². The van der Waals surface area contributed by atoms with Crippen LogP contribution in [0.5, 0.6) is 0 Å². The number of rotatable bonds is 1. The molecule has 0 atom stereocenters. The Hall–Kier alpha value is -1.32. The molecule has 4 nitrogen and oxygen atoms in total. The summed E-state index contributed by atoms with van der Waals surface area (Å²) in [6.45, 7) is -0.0557. The molecular weight excluding hydrogens is 120 g/mol. The van der Waals surface area contributed by atoms with Crippen LogP contribution in [-0.2, 0) is 0 Å². The number of aromatic amines is 1. The first-order valence-corrected chi connectivity index (χ1v) is 2.35. The van der Waals surface area contributed by atoms with Crippen molar-refractivity contribution in [3.05, 3.63) is 27.9 Å². The van der Waals surface area contributed by atoms with E-state index in [9.17, 15) is 10.1 Å². The third-order valence-corrected chi connectivity index (χ3v) is 0.991. The number of nitrogens with one attached hydrogen (secondary N) is 1. The maximum Gasteiger partial charge on any atom is 0.323 e. The van der Waals surface area contributed by atoms with E-state index in [2.05, 4.69) is 4.98 Å². The van der Waals surface area contributed by atoms with Gasteiger partial charge in [0.05, 0.1) is 6.20 Å². The standard InChI is InChI=1S/C5H6N2O2/c1-4-2-3-6-5(4)7(8)9/h2-3,6H,1H3/i1D. The highest BCUT2D eigenvalue weighted by Gasteiger charge is 2.06. The van der Waals surface area contributed by atoms with E-state index in [-0.39, 0.29) is 12.7 Å². The number of nitrogens with zero attached hydrogens (tertiary/aromatic N) is 1. The fourth-order valence-corrected chi connectivity index (χ4v) is 0.563. The summed E-state index contributed by atoms with van der Waals surface area (Å²) >= 11 is 0. The highest BCUT2D eigenvalue weighted by molar-refractivity contribution is 5.30. The maximum absolute atomic E-state index is 10.1. The molecule has 0 fully saturated rings. The zero-order valence-corrected chi connectivity index (χ0v) is 4.63. The van der Waals surface area contributed by atoms with Gasteiger partial charge in [-0.2, -0.15) is 0 Å². The zero-order chi connectivity index (χ0) is 7.56. The highest BCUT2D eigenvalue weighted by atomic mass is 16.6. The van der Waals surface area contributed by atoms with Crippen molar-refractivity contribution in [2.75, 3.05) is 0 Å². The average molecular weight is 127 g/mol. The minimum Gasteiger partial charge on any atom is -0.358 e. The molecule has 0 aliphatic heterocycles. The van der Waals surface area contributed by atoms with E-state index in [1.807, 2.05) is 0 Å². The summed E-state index contributed by atoms with van der Waals surface area (Å²) in [6, 6.07) is 1.53. The lowest BCUT2D eigenvalue weighted by molar-refractivity contribution is -0.389. The van der Waals surface area contributed by atoms with E-state index in [4.69, 9.17) is 1.37 Å². The second-order valence-corrected chi connectivity index (χ2v) is 1.61. The molecule has 0 bridgehead atoms. The molecule has 0 saturated heterocycles. The number of aryl methyl sites for hydroxylation is 1. The first-order valence-electron chi connectivity index (χ1n) is 3.06. The van der Waals surface area contributed by atoms with Crippen molar-refractivity contribution in [2.24, 2.45) is 0 Å². The molecule has 1 heterocycles. The van der Waals surface area contributed by atoms with Crippen LogP contribution in [0, 0.1) is 17.0 Å². The Labute approximate surface area is 53.1 Å². The molecule has 0 aromatic carbocycles. The Bertz CT molecular complexity index is 246. The molecule has 0 radical (unpaired) electrons. The maximum atomic E-state index is 10.1. The van der Waals surface area contributed by atoms with Gasteiger partial charge in [0.15, 0.2) is 0 Å². The summed E-state index contributed by atoms with van der Waals surface area (Å²) in [4.78, 5) is 12.0. The van der Waals surface area contributed by atoms with Crippen LogP contribution in [0.1, 0.15) is 6.93 Å². The van der Waals surface area contributed by atoms with Crippen molar-refractivity contribution in [2.45, 2.75) is 6.90 Å². The van der Waals surface area contributed by atoms with Crippen molar-refractivity contribution in [1.82, 2.24) is 4.98 Å². The summed E-state index contributed by atoms with van der Waals surface area (Å²) in [5.74, 6) is -0.0741. The number of aromatic nitrogens is 1. The van der Waals surface area contributed by atoms with Gasteiger partial charge in [0.25, 0.3) is 0 Å². The molecule has 0 aliphatic rings. The monoisotopic (exact) mass is 127 g/mol. The van der Waals surface area contributed by atoms with E-state index < -0.39 is 4.92 Å². The Morgan fingerprint density at radius 1 is 2.00 bits per heavy atom. The smallest absolute Gasteiger partial charge is 0.323 e. The predicted octanol–water partition coefficient (Wildman–Crippen LogP) is 1.23. The molecule has 1 rings (SSSR count). The van der Waals surface area contributed by atoms with Crippen LogP contribution in [0.25, 0.3) is 0 Å².